The Morgan fingerprint density at radius 1 is 1.13 bits per heavy atom. The van der Waals surface area contributed by atoms with Crippen LogP contribution in [0.2, 0.25) is 0 Å². The van der Waals surface area contributed by atoms with Gasteiger partial charge in [0.1, 0.15) is 9.88 Å². The molecule has 0 bridgehead atoms. The van der Waals surface area contributed by atoms with Gasteiger partial charge in [0.2, 0.25) is 0 Å². The van der Waals surface area contributed by atoms with Crippen LogP contribution < -0.4 is 9.80 Å². The van der Waals surface area contributed by atoms with Crippen molar-refractivity contribution in [3.8, 4) is 6.07 Å². The number of thiophene rings is 1. The number of anilines is 2. The third-order valence-corrected chi connectivity index (χ3v) is 6.59. The summed E-state index contributed by atoms with van der Waals surface area (Å²) < 4.78 is 40.3. The van der Waals surface area contributed by atoms with E-state index in [4.69, 9.17) is 5.26 Å². The number of nitriles is 1. The molecule has 1 N–H and O–H groups in total. The number of alkyl halides is 3. The Hall–Kier alpha value is -3.06. The molecule has 2 amide bonds. The van der Waals surface area contributed by atoms with Crippen LogP contribution in [-0.4, -0.2) is 29.2 Å². The highest BCUT2D eigenvalue weighted by molar-refractivity contribution is 7.18. The van der Waals surface area contributed by atoms with Crippen molar-refractivity contribution in [3.05, 3.63) is 46.3 Å². The van der Waals surface area contributed by atoms with Crippen LogP contribution in [0.15, 0.2) is 30.3 Å². The summed E-state index contributed by atoms with van der Waals surface area (Å²) in [6.45, 7) is 0. The largest absolute Gasteiger partial charge is 0.477 e. The van der Waals surface area contributed by atoms with Crippen molar-refractivity contribution in [3.63, 3.8) is 0 Å². The van der Waals surface area contributed by atoms with E-state index in [0.29, 0.717) is 17.8 Å². The van der Waals surface area contributed by atoms with Gasteiger partial charge in [0.25, 0.3) is 0 Å². The van der Waals surface area contributed by atoms with Gasteiger partial charge in [0, 0.05) is 5.69 Å². The number of carboxylic acid groups (broad SMARTS) is 1. The van der Waals surface area contributed by atoms with Gasteiger partial charge < -0.3 is 5.11 Å². The Labute approximate surface area is 173 Å². The second-order valence-electron chi connectivity index (χ2n) is 7.22. The molecule has 4 rings (SSSR count). The van der Waals surface area contributed by atoms with E-state index in [1.807, 2.05) is 0 Å². The van der Waals surface area contributed by atoms with E-state index in [9.17, 15) is 27.9 Å². The molecule has 2 heterocycles. The molecule has 1 aromatic heterocycles. The van der Waals surface area contributed by atoms with Gasteiger partial charge >= 0.3 is 18.2 Å². The third kappa shape index (κ3) is 3.29. The van der Waals surface area contributed by atoms with E-state index >= 15 is 0 Å². The van der Waals surface area contributed by atoms with Crippen molar-refractivity contribution in [1.29, 1.82) is 5.26 Å². The number of urea groups is 1. The molecule has 2 aliphatic rings. The van der Waals surface area contributed by atoms with E-state index in [1.54, 1.807) is 12.1 Å². The molecule has 1 saturated heterocycles. The number of benzene rings is 1. The number of hydrogen-bond acceptors (Lipinski definition) is 4. The third-order valence-electron chi connectivity index (χ3n) is 5.52. The Balaban J connectivity index is 1.78. The number of hydrogen-bond donors (Lipinski definition) is 1. The molecule has 156 valence electrons. The number of carbonyl (C=O) groups is 2. The molecule has 2 aromatic rings. The number of carboxylic acids is 1. The number of carbonyl (C=O) groups excluding carboxylic acids is 1. The van der Waals surface area contributed by atoms with Crippen LogP contribution in [0.25, 0.3) is 0 Å². The second-order valence-corrected chi connectivity index (χ2v) is 8.29. The van der Waals surface area contributed by atoms with Crippen molar-refractivity contribution in [2.24, 2.45) is 0 Å². The highest BCUT2D eigenvalue weighted by Gasteiger charge is 2.49. The van der Waals surface area contributed by atoms with Crippen molar-refractivity contribution in [2.45, 2.75) is 43.9 Å². The van der Waals surface area contributed by atoms with Gasteiger partial charge in [-0.15, -0.1) is 11.3 Å². The van der Waals surface area contributed by atoms with E-state index in [-0.39, 0.29) is 22.6 Å². The predicted octanol–water partition coefficient (Wildman–Crippen LogP) is 5.09. The molecular formula is C20H16F3N3O3S. The first-order valence-electron chi connectivity index (χ1n) is 9.29. The zero-order chi connectivity index (χ0) is 21.6. The van der Waals surface area contributed by atoms with Gasteiger partial charge in [-0.05, 0) is 43.2 Å². The van der Waals surface area contributed by atoms with Crippen molar-refractivity contribution >= 4 is 34.0 Å². The summed E-state index contributed by atoms with van der Waals surface area (Å²) in [7, 11) is 0. The average molecular weight is 435 g/mol. The maximum atomic E-state index is 13.4. The van der Waals surface area contributed by atoms with Crippen LogP contribution in [0.1, 0.15) is 46.5 Å². The second kappa shape index (κ2) is 7.32. The summed E-state index contributed by atoms with van der Waals surface area (Å²) in [5, 5.41) is 18.7. The van der Waals surface area contributed by atoms with Gasteiger partial charge in [-0.1, -0.05) is 12.8 Å². The van der Waals surface area contributed by atoms with Crippen LogP contribution in [0, 0.1) is 11.3 Å². The van der Waals surface area contributed by atoms with E-state index in [1.165, 1.54) is 21.9 Å². The molecule has 10 heteroatoms. The Morgan fingerprint density at radius 2 is 1.80 bits per heavy atom. The standard InChI is InChI=1S/C20H16F3N3O3S/c21-20(22,23)13-9-12(6-5-11(13)10-24)25-14-3-1-2-4-15(14)26(19(25)29)17-8-7-16(30-17)18(27)28/h5-9,14-15H,1-4H2,(H,27,28)/t14-,15-/m0/s1. The molecule has 1 aliphatic carbocycles. The lowest BCUT2D eigenvalue weighted by atomic mass is 9.90. The summed E-state index contributed by atoms with van der Waals surface area (Å²) in [4.78, 5) is 27.5. The number of halogens is 3. The maximum Gasteiger partial charge on any atom is 0.417 e. The first-order valence-corrected chi connectivity index (χ1v) is 10.1. The van der Waals surface area contributed by atoms with Gasteiger partial charge in [0.05, 0.1) is 29.3 Å². The number of amides is 2. The Morgan fingerprint density at radius 3 is 2.37 bits per heavy atom. The van der Waals surface area contributed by atoms with Crippen LogP contribution >= 0.6 is 11.3 Å². The van der Waals surface area contributed by atoms with Crippen LogP contribution in [0.4, 0.5) is 28.7 Å². The average Bonchev–Trinajstić information content (AvgIpc) is 3.29. The number of rotatable bonds is 3. The molecule has 1 saturated carbocycles. The fraction of sp³-hybridized carbons (Fsp3) is 0.350. The van der Waals surface area contributed by atoms with Gasteiger partial charge in [-0.25, -0.2) is 9.59 Å². The topological polar surface area (TPSA) is 84.6 Å². The van der Waals surface area contributed by atoms with Crippen molar-refractivity contribution in [1.82, 2.24) is 0 Å². The fourth-order valence-corrected chi connectivity index (χ4v) is 5.14. The quantitative estimate of drug-likeness (QED) is 0.727. The van der Waals surface area contributed by atoms with Gasteiger partial charge in [0.15, 0.2) is 0 Å². The highest BCUT2D eigenvalue weighted by atomic mass is 32.1. The first kappa shape index (κ1) is 20.2. The van der Waals surface area contributed by atoms with Crippen LogP contribution in [0.5, 0.6) is 0 Å². The predicted molar refractivity (Wildman–Crippen MR) is 104 cm³/mol. The Bertz CT molecular complexity index is 1060. The number of aromatic carboxylic acids is 1. The molecule has 6 nitrogen and oxygen atoms in total. The SMILES string of the molecule is N#Cc1ccc(N2C(=O)N(c3ccc(C(=O)O)s3)[C@H]3CCCC[C@@H]32)cc1C(F)(F)F. The van der Waals surface area contributed by atoms with Gasteiger partial charge in [-0.3, -0.25) is 9.80 Å². The summed E-state index contributed by atoms with van der Waals surface area (Å²) in [5.41, 5.74) is -1.49. The van der Waals surface area contributed by atoms with Crippen LogP contribution in [0.3, 0.4) is 0 Å². The molecule has 0 radical (unpaired) electrons. The molecule has 1 aromatic carbocycles. The smallest absolute Gasteiger partial charge is 0.417 e. The summed E-state index contributed by atoms with van der Waals surface area (Å²) in [5.74, 6) is -1.10. The zero-order valence-electron chi connectivity index (χ0n) is 15.5. The maximum absolute atomic E-state index is 13.4. The summed E-state index contributed by atoms with van der Waals surface area (Å²) >= 11 is 0.964. The number of nitrogens with zero attached hydrogens (tertiary/aromatic N) is 3. The van der Waals surface area contributed by atoms with E-state index < -0.39 is 29.3 Å². The zero-order valence-corrected chi connectivity index (χ0v) is 16.3. The lowest BCUT2D eigenvalue weighted by Gasteiger charge is -2.31. The van der Waals surface area contributed by atoms with E-state index in [0.717, 1.165) is 36.3 Å². The first-order chi connectivity index (χ1) is 14.2. The minimum atomic E-state index is -4.72. The Kier molecular flexibility index (Phi) is 4.94. The molecule has 2 atom stereocenters. The molecule has 2 fully saturated rings. The van der Waals surface area contributed by atoms with Crippen LogP contribution in [-0.2, 0) is 6.18 Å². The van der Waals surface area contributed by atoms with Gasteiger partial charge in [-0.2, -0.15) is 18.4 Å². The van der Waals surface area contributed by atoms with E-state index in [2.05, 4.69) is 0 Å². The minimum absolute atomic E-state index is 0.0840. The summed E-state index contributed by atoms with van der Waals surface area (Å²) in [6, 6.07) is 6.75. The highest BCUT2D eigenvalue weighted by Crippen LogP contribution is 2.43. The lowest BCUT2D eigenvalue weighted by molar-refractivity contribution is -0.137. The molecular weight excluding hydrogens is 419 g/mol. The van der Waals surface area contributed by atoms with Crippen molar-refractivity contribution < 1.29 is 27.9 Å². The molecule has 0 spiro atoms. The minimum Gasteiger partial charge on any atom is -0.477 e. The number of fused-ring (bicyclic) bond motifs is 1. The molecule has 30 heavy (non-hydrogen) atoms. The van der Waals surface area contributed by atoms with Crippen molar-refractivity contribution in [2.75, 3.05) is 9.80 Å². The lowest BCUT2D eigenvalue weighted by Crippen LogP contribution is -2.39. The summed E-state index contributed by atoms with van der Waals surface area (Å²) in [6.07, 6.45) is -1.70. The molecule has 1 aliphatic heterocycles. The fourth-order valence-electron chi connectivity index (χ4n) is 4.24. The molecule has 0 unspecified atom stereocenters. The normalized spacial score (nSPS) is 21.5. The monoisotopic (exact) mass is 435 g/mol.